The van der Waals surface area contributed by atoms with Gasteiger partial charge in [-0.2, -0.15) is 0 Å². The van der Waals surface area contributed by atoms with Gasteiger partial charge in [-0.05, 0) is 68.3 Å². The SMILES string of the molecule is Cc1ccc(N=Cc2c(C)[nH]n(-c3ccc(Br)cc3)c2=O)cc1C. The molecule has 0 aliphatic carbocycles. The van der Waals surface area contributed by atoms with E-state index in [2.05, 4.69) is 39.9 Å². The van der Waals surface area contributed by atoms with Gasteiger partial charge in [0.2, 0.25) is 0 Å². The quantitative estimate of drug-likeness (QED) is 0.659. The van der Waals surface area contributed by atoms with Crippen molar-refractivity contribution in [3.05, 3.63) is 79.7 Å². The summed E-state index contributed by atoms with van der Waals surface area (Å²) < 4.78 is 2.50. The van der Waals surface area contributed by atoms with Gasteiger partial charge in [-0.25, -0.2) is 4.68 Å². The Kier molecular flexibility index (Phi) is 4.53. The molecule has 1 aromatic heterocycles. The number of aromatic amines is 1. The first-order chi connectivity index (χ1) is 11.5. The van der Waals surface area contributed by atoms with Crippen molar-refractivity contribution in [2.24, 2.45) is 4.99 Å². The van der Waals surface area contributed by atoms with Crippen LogP contribution in [0.2, 0.25) is 0 Å². The number of aromatic nitrogens is 2. The van der Waals surface area contributed by atoms with Gasteiger partial charge in [0.05, 0.1) is 16.9 Å². The zero-order chi connectivity index (χ0) is 17.3. The van der Waals surface area contributed by atoms with Crippen molar-refractivity contribution in [3.63, 3.8) is 0 Å². The van der Waals surface area contributed by atoms with Crippen molar-refractivity contribution in [3.8, 4) is 5.69 Å². The van der Waals surface area contributed by atoms with E-state index in [-0.39, 0.29) is 5.56 Å². The molecular weight excluding hydrogens is 366 g/mol. The van der Waals surface area contributed by atoms with Crippen LogP contribution in [0.15, 0.2) is 56.7 Å². The lowest BCUT2D eigenvalue weighted by atomic mass is 10.1. The fourth-order valence-corrected chi connectivity index (χ4v) is 2.69. The third-order valence-corrected chi connectivity index (χ3v) is 4.56. The Bertz CT molecular complexity index is 965. The number of hydrogen-bond donors (Lipinski definition) is 1. The van der Waals surface area contributed by atoms with Crippen LogP contribution in [0.5, 0.6) is 0 Å². The minimum absolute atomic E-state index is 0.109. The van der Waals surface area contributed by atoms with Crippen molar-refractivity contribution in [2.75, 3.05) is 0 Å². The number of nitrogens with one attached hydrogen (secondary N) is 1. The van der Waals surface area contributed by atoms with E-state index in [9.17, 15) is 4.79 Å². The van der Waals surface area contributed by atoms with Gasteiger partial charge in [0, 0.05) is 16.4 Å². The minimum Gasteiger partial charge on any atom is -0.295 e. The Morgan fingerprint density at radius 1 is 1.04 bits per heavy atom. The van der Waals surface area contributed by atoms with Gasteiger partial charge in [-0.3, -0.25) is 14.9 Å². The summed E-state index contributed by atoms with van der Waals surface area (Å²) in [4.78, 5) is 17.1. The predicted molar refractivity (Wildman–Crippen MR) is 102 cm³/mol. The highest BCUT2D eigenvalue weighted by Crippen LogP contribution is 2.17. The maximum Gasteiger partial charge on any atom is 0.280 e. The molecule has 122 valence electrons. The number of H-pyrrole nitrogens is 1. The number of halogens is 1. The van der Waals surface area contributed by atoms with Crippen LogP contribution in [0.3, 0.4) is 0 Å². The molecule has 0 spiro atoms. The number of benzene rings is 2. The monoisotopic (exact) mass is 383 g/mol. The van der Waals surface area contributed by atoms with E-state index in [0.717, 1.165) is 21.5 Å². The fourth-order valence-electron chi connectivity index (χ4n) is 2.43. The molecule has 5 heteroatoms. The normalized spacial score (nSPS) is 11.3. The van der Waals surface area contributed by atoms with Crippen LogP contribution in [0.25, 0.3) is 5.69 Å². The summed E-state index contributed by atoms with van der Waals surface area (Å²) in [5.41, 5.74) is 5.28. The molecule has 1 N–H and O–H groups in total. The number of rotatable bonds is 3. The summed E-state index contributed by atoms with van der Waals surface area (Å²) >= 11 is 3.40. The Labute approximate surface area is 149 Å². The summed E-state index contributed by atoms with van der Waals surface area (Å²) in [5.74, 6) is 0. The van der Waals surface area contributed by atoms with E-state index < -0.39 is 0 Å². The van der Waals surface area contributed by atoms with E-state index in [1.165, 1.54) is 15.8 Å². The lowest BCUT2D eigenvalue weighted by molar-refractivity contribution is 0.835. The molecule has 24 heavy (non-hydrogen) atoms. The van der Waals surface area contributed by atoms with E-state index in [0.29, 0.717) is 5.56 Å². The van der Waals surface area contributed by atoms with Crippen molar-refractivity contribution >= 4 is 27.8 Å². The lowest BCUT2D eigenvalue weighted by Gasteiger charge is -2.00. The average molecular weight is 384 g/mol. The summed E-state index contributed by atoms with van der Waals surface area (Å²) in [6, 6.07) is 13.6. The summed E-state index contributed by atoms with van der Waals surface area (Å²) in [6.07, 6.45) is 1.63. The van der Waals surface area contributed by atoms with Crippen molar-refractivity contribution in [1.29, 1.82) is 0 Å². The lowest BCUT2D eigenvalue weighted by Crippen LogP contribution is -2.17. The third kappa shape index (κ3) is 3.26. The zero-order valence-corrected chi connectivity index (χ0v) is 15.4. The molecule has 3 rings (SSSR count). The molecule has 0 unspecified atom stereocenters. The highest BCUT2D eigenvalue weighted by molar-refractivity contribution is 9.10. The molecule has 0 fully saturated rings. The van der Waals surface area contributed by atoms with Gasteiger partial charge in [0.15, 0.2) is 0 Å². The molecule has 0 amide bonds. The van der Waals surface area contributed by atoms with Crippen LogP contribution in [0.1, 0.15) is 22.4 Å². The molecule has 0 bridgehead atoms. The Balaban J connectivity index is 1.97. The second-order valence-electron chi connectivity index (χ2n) is 5.79. The summed E-state index contributed by atoms with van der Waals surface area (Å²) in [7, 11) is 0. The van der Waals surface area contributed by atoms with E-state index in [1.807, 2.05) is 49.4 Å². The molecule has 0 aliphatic rings. The van der Waals surface area contributed by atoms with Crippen LogP contribution >= 0.6 is 15.9 Å². The number of aryl methyl sites for hydroxylation is 3. The molecule has 0 radical (unpaired) electrons. The van der Waals surface area contributed by atoms with Crippen molar-refractivity contribution in [1.82, 2.24) is 9.78 Å². The highest BCUT2D eigenvalue weighted by Gasteiger charge is 2.10. The summed E-state index contributed by atoms with van der Waals surface area (Å²) in [5, 5.41) is 3.10. The number of hydrogen-bond acceptors (Lipinski definition) is 2. The molecule has 2 aromatic carbocycles. The van der Waals surface area contributed by atoms with E-state index in [4.69, 9.17) is 0 Å². The smallest absolute Gasteiger partial charge is 0.280 e. The summed E-state index contributed by atoms with van der Waals surface area (Å²) in [6.45, 7) is 5.99. The molecule has 1 heterocycles. The molecule has 0 atom stereocenters. The molecule has 3 aromatic rings. The first kappa shape index (κ1) is 16.5. The zero-order valence-electron chi connectivity index (χ0n) is 13.8. The Morgan fingerprint density at radius 2 is 1.75 bits per heavy atom. The van der Waals surface area contributed by atoms with Crippen LogP contribution in [-0.4, -0.2) is 16.0 Å². The topological polar surface area (TPSA) is 50.1 Å². The second kappa shape index (κ2) is 6.61. The second-order valence-corrected chi connectivity index (χ2v) is 6.71. The van der Waals surface area contributed by atoms with Crippen LogP contribution in [0.4, 0.5) is 5.69 Å². The maximum absolute atomic E-state index is 12.6. The molecule has 4 nitrogen and oxygen atoms in total. The van der Waals surface area contributed by atoms with E-state index in [1.54, 1.807) is 6.21 Å². The maximum atomic E-state index is 12.6. The molecule has 0 aliphatic heterocycles. The van der Waals surface area contributed by atoms with Gasteiger partial charge < -0.3 is 0 Å². The molecular formula is C19H18BrN3O. The van der Waals surface area contributed by atoms with Gasteiger partial charge in [-0.15, -0.1) is 0 Å². The van der Waals surface area contributed by atoms with Crippen LogP contribution < -0.4 is 5.56 Å². The van der Waals surface area contributed by atoms with Crippen molar-refractivity contribution < 1.29 is 0 Å². The first-order valence-electron chi connectivity index (χ1n) is 7.64. The van der Waals surface area contributed by atoms with Gasteiger partial charge in [0.1, 0.15) is 0 Å². The Morgan fingerprint density at radius 3 is 2.42 bits per heavy atom. The highest BCUT2D eigenvalue weighted by atomic mass is 79.9. The van der Waals surface area contributed by atoms with Crippen LogP contribution in [-0.2, 0) is 0 Å². The number of aliphatic imine (C=N–C) groups is 1. The third-order valence-electron chi connectivity index (χ3n) is 4.04. The van der Waals surface area contributed by atoms with E-state index >= 15 is 0 Å². The predicted octanol–water partition coefficient (Wildman–Crippen LogP) is 4.60. The standard InChI is InChI=1S/C19H18BrN3O/c1-12-4-7-16(10-13(12)2)21-11-18-14(3)22-23(19(18)24)17-8-5-15(20)6-9-17/h4-11,22H,1-3H3. The molecule has 0 saturated carbocycles. The van der Waals surface area contributed by atoms with Gasteiger partial charge in [0.25, 0.3) is 5.56 Å². The van der Waals surface area contributed by atoms with Crippen molar-refractivity contribution in [2.45, 2.75) is 20.8 Å². The van der Waals surface area contributed by atoms with Gasteiger partial charge >= 0.3 is 0 Å². The van der Waals surface area contributed by atoms with Crippen LogP contribution in [0, 0.1) is 20.8 Å². The first-order valence-corrected chi connectivity index (χ1v) is 8.44. The fraction of sp³-hybridized carbons (Fsp3) is 0.158. The Hall–Kier alpha value is -2.40. The average Bonchev–Trinajstić information content (AvgIpc) is 2.84. The number of nitrogens with zero attached hydrogens (tertiary/aromatic N) is 2. The molecule has 0 saturated heterocycles. The largest absolute Gasteiger partial charge is 0.295 e. The van der Waals surface area contributed by atoms with Gasteiger partial charge in [-0.1, -0.05) is 22.0 Å². The minimum atomic E-state index is -0.109.